The zero-order chi connectivity index (χ0) is 22.1. The summed E-state index contributed by atoms with van der Waals surface area (Å²) in [6.07, 6.45) is 16.2. The molecule has 31 heavy (non-hydrogen) atoms. The summed E-state index contributed by atoms with van der Waals surface area (Å²) in [6.45, 7) is 9.06. The lowest BCUT2D eigenvalue weighted by Gasteiger charge is -2.25. The van der Waals surface area contributed by atoms with Crippen LogP contribution in [-0.4, -0.2) is 18.2 Å². The van der Waals surface area contributed by atoms with Crippen molar-refractivity contribution in [3.05, 3.63) is 50.3 Å². The zero-order valence-corrected chi connectivity index (χ0v) is 19.7. The molecule has 1 atom stereocenters. The molecular formula is C27H40N2O2. The molecule has 4 heteroatoms. The van der Waals surface area contributed by atoms with Crippen LogP contribution in [0.15, 0.2) is 27.5 Å². The molecule has 4 nitrogen and oxygen atoms in total. The van der Waals surface area contributed by atoms with E-state index in [0.29, 0.717) is 5.22 Å². The van der Waals surface area contributed by atoms with E-state index in [1.807, 2.05) is 6.08 Å². The van der Waals surface area contributed by atoms with Gasteiger partial charge >= 0.3 is 5.63 Å². The monoisotopic (exact) mass is 424 g/mol. The van der Waals surface area contributed by atoms with Gasteiger partial charge in [-0.1, -0.05) is 71.4 Å². The number of aromatic nitrogens is 1. The van der Waals surface area contributed by atoms with E-state index < -0.39 is 0 Å². The topological polar surface area (TPSA) is 49.2 Å². The Balaban J connectivity index is 1.75. The van der Waals surface area contributed by atoms with Crippen LogP contribution in [0.25, 0.3) is 12.2 Å². The molecule has 1 aliphatic rings. The van der Waals surface area contributed by atoms with Crippen LogP contribution < -0.4 is 21.1 Å². The third kappa shape index (κ3) is 6.38. The van der Waals surface area contributed by atoms with Crippen molar-refractivity contribution < 1.29 is 4.52 Å². The van der Waals surface area contributed by atoms with Crippen molar-refractivity contribution in [2.45, 2.75) is 85.0 Å². The Morgan fingerprint density at radius 3 is 2.71 bits per heavy atom. The number of aromatic amines is 1. The predicted molar refractivity (Wildman–Crippen MR) is 131 cm³/mol. The lowest BCUT2D eigenvalue weighted by atomic mass is 9.98. The number of nitrogens with one attached hydrogen (secondary N) is 1. The van der Waals surface area contributed by atoms with Crippen LogP contribution in [0, 0.1) is 5.92 Å². The second-order valence-corrected chi connectivity index (χ2v) is 9.02. The van der Waals surface area contributed by atoms with Gasteiger partial charge < -0.3 is 9.42 Å². The standard InChI is InChI=1S/C27H40N2O2/c1-4-7-9-11-13-25-24(27(30)31-28-25)19-22-14-15-26-23(18-22)16-17-29(26)20-21(6-3)12-10-8-5-2/h13-15,18-19,21,28H,4-12,16-17,20H2,1-3H3/b24-19?,25-13-. The summed E-state index contributed by atoms with van der Waals surface area (Å²) in [5.74, 6) is 0.777. The Kier molecular flexibility index (Phi) is 9.05. The molecule has 2 aromatic rings. The van der Waals surface area contributed by atoms with E-state index in [4.69, 9.17) is 4.52 Å². The summed E-state index contributed by atoms with van der Waals surface area (Å²) in [5.41, 5.74) is 3.55. The molecule has 0 saturated carbocycles. The minimum Gasteiger partial charge on any atom is -0.371 e. The molecular weight excluding hydrogens is 384 g/mol. The van der Waals surface area contributed by atoms with Gasteiger partial charge in [-0.25, -0.2) is 9.95 Å². The van der Waals surface area contributed by atoms with Gasteiger partial charge in [0.15, 0.2) is 0 Å². The van der Waals surface area contributed by atoms with Gasteiger partial charge in [0.2, 0.25) is 0 Å². The molecule has 1 N–H and O–H groups in total. The van der Waals surface area contributed by atoms with Gasteiger partial charge in [-0.05, 0) is 60.9 Å². The molecule has 1 aromatic heterocycles. The second kappa shape index (κ2) is 12.0. The quantitative estimate of drug-likeness (QED) is 0.481. The Morgan fingerprint density at radius 2 is 1.94 bits per heavy atom. The Morgan fingerprint density at radius 1 is 1.13 bits per heavy atom. The van der Waals surface area contributed by atoms with E-state index >= 15 is 0 Å². The predicted octanol–water partition coefficient (Wildman–Crippen LogP) is 5.13. The normalized spacial score (nSPS) is 15.6. The first-order valence-electron chi connectivity index (χ1n) is 12.4. The van der Waals surface area contributed by atoms with Crippen molar-refractivity contribution >= 4 is 17.8 Å². The van der Waals surface area contributed by atoms with Crippen molar-refractivity contribution in [2.24, 2.45) is 5.92 Å². The minimum absolute atomic E-state index is 0.290. The van der Waals surface area contributed by atoms with E-state index in [1.165, 1.54) is 56.2 Å². The number of benzene rings is 1. The number of H-pyrrole nitrogens is 1. The molecule has 0 amide bonds. The van der Waals surface area contributed by atoms with Gasteiger partial charge in [0.05, 0.1) is 10.6 Å². The highest BCUT2D eigenvalue weighted by Gasteiger charge is 2.21. The first-order valence-corrected chi connectivity index (χ1v) is 12.4. The van der Waals surface area contributed by atoms with Crippen LogP contribution in [0.5, 0.6) is 0 Å². The number of fused-ring (bicyclic) bond motifs is 1. The third-order valence-electron chi connectivity index (χ3n) is 6.60. The van der Waals surface area contributed by atoms with Gasteiger partial charge in [-0.3, -0.25) is 0 Å². The highest BCUT2D eigenvalue weighted by atomic mass is 16.5. The summed E-state index contributed by atoms with van der Waals surface area (Å²) < 4.78 is 5.08. The van der Waals surface area contributed by atoms with E-state index in [2.05, 4.69) is 55.1 Å². The summed E-state index contributed by atoms with van der Waals surface area (Å²) in [4.78, 5) is 14.8. The van der Waals surface area contributed by atoms with Crippen LogP contribution in [0.2, 0.25) is 0 Å². The van der Waals surface area contributed by atoms with E-state index in [-0.39, 0.29) is 5.63 Å². The van der Waals surface area contributed by atoms with Gasteiger partial charge in [-0.2, -0.15) is 0 Å². The van der Waals surface area contributed by atoms with Crippen LogP contribution >= 0.6 is 0 Å². The molecule has 1 aliphatic heterocycles. The molecule has 0 saturated heterocycles. The van der Waals surface area contributed by atoms with Gasteiger partial charge in [0, 0.05) is 18.8 Å². The van der Waals surface area contributed by atoms with Crippen molar-refractivity contribution in [3.8, 4) is 0 Å². The van der Waals surface area contributed by atoms with Crippen molar-refractivity contribution in [3.63, 3.8) is 0 Å². The second-order valence-electron chi connectivity index (χ2n) is 9.02. The van der Waals surface area contributed by atoms with E-state index in [1.54, 1.807) is 0 Å². The maximum Gasteiger partial charge on any atom is 0.365 e. The SMILES string of the molecule is CCCCC/C=c1\[nH]oc(=O)c1=Cc1ccc2c(c1)CCN2CC(CC)CCCCC. The number of hydrogen-bond acceptors (Lipinski definition) is 3. The maximum atomic E-state index is 12.2. The Hall–Kier alpha value is -2.23. The van der Waals surface area contributed by atoms with Crippen LogP contribution in [0.4, 0.5) is 5.69 Å². The highest BCUT2D eigenvalue weighted by molar-refractivity contribution is 5.63. The first kappa shape index (κ1) is 23.4. The van der Waals surface area contributed by atoms with E-state index in [0.717, 1.165) is 49.2 Å². The average molecular weight is 425 g/mol. The summed E-state index contributed by atoms with van der Waals surface area (Å²) in [6, 6.07) is 6.63. The van der Waals surface area contributed by atoms with Crippen molar-refractivity contribution in [2.75, 3.05) is 18.0 Å². The fraction of sp³-hybridized carbons (Fsp3) is 0.593. The molecule has 3 rings (SSSR count). The fourth-order valence-corrected chi connectivity index (χ4v) is 4.61. The molecule has 170 valence electrons. The first-order chi connectivity index (χ1) is 15.2. The van der Waals surface area contributed by atoms with Crippen molar-refractivity contribution in [1.29, 1.82) is 0 Å². The van der Waals surface area contributed by atoms with Gasteiger partial charge in [0.1, 0.15) is 0 Å². The number of unbranched alkanes of at least 4 members (excludes halogenated alkanes) is 5. The largest absolute Gasteiger partial charge is 0.371 e. The molecule has 0 aliphatic carbocycles. The highest BCUT2D eigenvalue weighted by Crippen LogP contribution is 2.31. The molecule has 1 unspecified atom stereocenters. The average Bonchev–Trinajstić information content (AvgIpc) is 3.34. The zero-order valence-electron chi connectivity index (χ0n) is 19.7. The molecule has 2 heterocycles. The van der Waals surface area contributed by atoms with E-state index in [9.17, 15) is 4.79 Å². The van der Waals surface area contributed by atoms with Crippen LogP contribution in [-0.2, 0) is 6.42 Å². The van der Waals surface area contributed by atoms with Crippen LogP contribution in [0.1, 0.15) is 89.7 Å². The Labute approximate surface area is 187 Å². The molecule has 0 bridgehead atoms. The summed E-state index contributed by atoms with van der Waals surface area (Å²) in [7, 11) is 0. The maximum absolute atomic E-state index is 12.2. The van der Waals surface area contributed by atoms with Crippen molar-refractivity contribution in [1.82, 2.24) is 5.16 Å². The molecule has 1 aromatic carbocycles. The van der Waals surface area contributed by atoms with Crippen LogP contribution in [0.3, 0.4) is 0 Å². The minimum atomic E-state index is -0.290. The van der Waals surface area contributed by atoms with Gasteiger partial charge in [0.25, 0.3) is 0 Å². The number of hydrogen-bond donors (Lipinski definition) is 1. The molecule has 0 spiro atoms. The summed E-state index contributed by atoms with van der Waals surface area (Å²) >= 11 is 0. The fourth-order valence-electron chi connectivity index (χ4n) is 4.61. The lowest BCUT2D eigenvalue weighted by Crippen LogP contribution is -2.32. The third-order valence-corrected chi connectivity index (χ3v) is 6.60. The number of nitrogens with zero attached hydrogens (tertiary/aromatic N) is 1. The van der Waals surface area contributed by atoms with Gasteiger partial charge in [-0.15, -0.1) is 0 Å². The molecule has 0 fully saturated rings. The lowest BCUT2D eigenvalue weighted by molar-refractivity contribution is 0.386. The molecule has 0 radical (unpaired) electrons. The summed E-state index contributed by atoms with van der Waals surface area (Å²) in [5, 5.41) is 4.24. The Bertz CT molecular complexity index is 985. The smallest absolute Gasteiger partial charge is 0.365 e. The number of rotatable bonds is 12. The number of anilines is 1.